The SMILES string of the molecule is CC(=O)NC1=Cc2ccc(Br)cc2CC1. The Morgan fingerprint density at radius 3 is 2.93 bits per heavy atom. The first-order valence-electron chi connectivity index (χ1n) is 4.92. The molecular weight excluding hydrogens is 254 g/mol. The summed E-state index contributed by atoms with van der Waals surface area (Å²) < 4.78 is 1.11. The summed E-state index contributed by atoms with van der Waals surface area (Å²) in [6, 6.07) is 6.23. The Kier molecular flexibility index (Phi) is 2.91. The molecule has 0 atom stereocenters. The van der Waals surface area contributed by atoms with Crippen LogP contribution < -0.4 is 5.32 Å². The number of halogens is 1. The van der Waals surface area contributed by atoms with Gasteiger partial charge in [0, 0.05) is 17.1 Å². The highest BCUT2D eigenvalue weighted by molar-refractivity contribution is 9.10. The fraction of sp³-hybridized carbons (Fsp3) is 0.250. The zero-order chi connectivity index (χ0) is 10.8. The molecule has 3 heteroatoms. The third-order valence-corrected chi connectivity index (χ3v) is 2.93. The van der Waals surface area contributed by atoms with Gasteiger partial charge in [0.2, 0.25) is 5.91 Å². The first-order valence-corrected chi connectivity index (χ1v) is 5.71. The van der Waals surface area contributed by atoms with Crippen LogP contribution in [0, 0.1) is 0 Å². The quantitative estimate of drug-likeness (QED) is 0.832. The second kappa shape index (κ2) is 4.19. The third kappa shape index (κ3) is 2.48. The van der Waals surface area contributed by atoms with Crippen molar-refractivity contribution in [2.24, 2.45) is 0 Å². The van der Waals surface area contributed by atoms with Crippen molar-refractivity contribution in [2.45, 2.75) is 19.8 Å². The summed E-state index contributed by atoms with van der Waals surface area (Å²) in [4.78, 5) is 10.9. The highest BCUT2D eigenvalue weighted by Crippen LogP contribution is 2.25. The molecular formula is C12H12BrNO. The molecule has 78 valence electrons. The van der Waals surface area contributed by atoms with E-state index in [1.807, 2.05) is 12.1 Å². The van der Waals surface area contributed by atoms with E-state index in [0.29, 0.717) is 0 Å². The Bertz CT molecular complexity index is 437. The van der Waals surface area contributed by atoms with Crippen molar-refractivity contribution in [3.8, 4) is 0 Å². The van der Waals surface area contributed by atoms with Crippen molar-refractivity contribution < 1.29 is 4.79 Å². The lowest BCUT2D eigenvalue weighted by Crippen LogP contribution is -2.21. The smallest absolute Gasteiger partial charge is 0.220 e. The van der Waals surface area contributed by atoms with Crippen LogP contribution >= 0.6 is 15.9 Å². The van der Waals surface area contributed by atoms with Crippen LogP contribution in [0.25, 0.3) is 6.08 Å². The van der Waals surface area contributed by atoms with Gasteiger partial charge < -0.3 is 5.32 Å². The number of hydrogen-bond acceptors (Lipinski definition) is 1. The maximum absolute atomic E-state index is 10.9. The molecule has 0 saturated carbocycles. The van der Waals surface area contributed by atoms with Gasteiger partial charge in [-0.25, -0.2) is 0 Å². The first-order chi connectivity index (χ1) is 7.15. The van der Waals surface area contributed by atoms with Crippen molar-refractivity contribution in [1.82, 2.24) is 5.32 Å². The number of aryl methyl sites for hydroxylation is 1. The van der Waals surface area contributed by atoms with Crippen LogP contribution in [0.15, 0.2) is 28.4 Å². The van der Waals surface area contributed by atoms with Crippen LogP contribution in [0.4, 0.5) is 0 Å². The average Bonchev–Trinajstić information content (AvgIpc) is 2.17. The Morgan fingerprint density at radius 1 is 1.40 bits per heavy atom. The van der Waals surface area contributed by atoms with Gasteiger partial charge in [-0.15, -0.1) is 0 Å². The molecule has 0 fully saturated rings. The summed E-state index contributed by atoms with van der Waals surface area (Å²) in [5.41, 5.74) is 3.55. The summed E-state index contributed by atoms with van der Waals surface area (Å²) >= 11 is 3.46. The Morgan fingerprint density at radius 2 is 2.20 bits per heavy atom. The molecule has 0 unspecified atom stereocenters. The molecule has 1 aliphatic carbocycles. The lowest BCUT2D eigenvalue weighted by Gasteiger charge is -2.16. The molecule has 15 heavy (non-hydrogen) atoms. The Labute approximate surface area is 97.5 Å². The molecule has 1 N–H and O–H groups in total. The minimum atomic E-state index is 0.00168. The largest absolute Gasteiger partial charge is 0.330 e. The molecule has 0 aromatic heterocycles. The number of fused-ring (bicyclic) bond motifs is 1. The molecule has 1 aliphatic rings. The number of rotatable bonds is 1. The minimum absolute atomic E-state index is 0.00168. The second-order valence-corrected chi connectivity index (χ2v) is 4.61. The lowest BCUT2D eigenvalue weighted by atomic mass is 9.95. The first kappa shape index (κ1) is 10.4. The van der Waals surface area contributed by atoms with Gasteiger partial charge in [-0.2, -0.15) is 0 Å². The monoisotopic (exact) mass is 265 g/mol. The van der Waals surface area contributed by atoms with Crippen LogP contribution in [0.1, 0.15) is 24.5 Å². The lowest BCUT2D eigenvalue weighted by molar-refractivity contribution is -0.118. The molecule has 0 spiro atoms. The van der Waals surface area contributed by atoms with Crippen molar-refractivity contribution in [3.63, 3.8) is 0 Å². The van der Waals surface area contributed by atoms with Gasteiger partial charge in [0.15, 0.2) is 0 Å². The van der Waals surface area contributed by atoms with Gasteiger partial charge >= 0.3 is 0 Å². The summed E-state index contributed by atoms with van der Waals surface area (Å²) in [5.74, 6) is 0.00168. The molecule has 0 aliphatic heterocycles. The van der Waals surface area contributed by atoms with E-state index in [-0.39, 0.29) is 5.91 Å². The molecule has 2 nitrogen and oxygen atoms in total. The van der Waals surface area contributed by atoms with Crippen LogP contribution in [-0.4, -0.2) is 5.91 Å². The van der Waals surface area contributed by atoms with Crippen molar-refractivity contribution >= 4 is 27.9 Å². The summed E-state index contributed by atoms with van der Waals surface area (Å²) in [6.45, 7) is 1.54. The number of nitrogens with one attached hydrogen (secondary N) is 1. The number of carbonyl (C=O) groups excluding carboxylic acids is 1. The molecule has 0 saturated heterocycles. The third-order valence-electron chi connectivity index (χ3n) is 2.44. The highest BCUT2D eigenvalue weighted by atomic mass is 79.9. The Balaban J connectivity index is 2.29. The van der Waals surface area contributed by atoms with Crippen LogP contribution in [-0.2, 0) is 11.2 Å². The van der Waals surface area contributed by atoms with Gasteiger partial charge in [-0.3, -0.25) is 4.79 Å². The van der Waals surface area contributed by atoms with E-state index in [4.69, 9.17) is 0 Å². The fourth-order valence-corrected chi connectivity index (χ4v) is 2.19. The maximum Gasteiger partial charge on any atom is 0.220 e. The van der Waals surface area contributed by atoms with Crippen LogP contribution in [0.2, 0.25) is 0 Å². The maximum atomic E-state index is 10.9. The number of allylic oxidation sites excluding steroid dienone is 1. The summed E-state index contributed by atoms with van der Waals surface area (Å²) in [7, 11) is 0. The Hall–Kier alpha value is -1.09. The zero-order valence-corrected chi connectivity index (χ0v) is 10.1. The van der Waals surface area contributed by atoms with E-state index in [1.54, 1.807) is 0 Å². The standard InChI is InChI=1S/C12H12BrNO/c1-8(15)14-12-5-3-9-6-11(13)4-2-10(9)7-12/h2,4,6-7H,3,5H2,1H3,(H,14,15). The predicted molar refractivity (Wildman–Crippen MR) is 64.3 cm³/mol. The number of amides is 1. The van der Waals surface area contributed by atoms with E-state index in [9.17, 15) is 4.79 Å². The van der Waals surface area contributed by atoms with Crippen molar-refractivity contribution in [1.29, 1.82) is 0 Å². The second-order valence-electron chi connectivity index (χ2n) is 3.69. The molecule has 1 amide bonds. The van der Waals surface area contributed by atoms with E-state index < -0.39 is 0 Å². The zero-order valence-electron chi connectivity index (χ0n) is 8.51. The van der Waals surface area contributed by atoms with Gasteiger partial charge in [-0.05, 0) is 42.2 Å². The molecule has 0 bridgehead atoms. The van der Waals surface area contributed by atoms with Gasteiger partial charge in [0.25, 0.3) is 0 Å². The van der Waals surface area contributed by atoms with E-state index >= 15 is 0 Å². The van der Waals surface area contributed by atoms with Crippen molar-refractivity contribution in [2.75, 3.05) is 0 Å². The van der Waals surface area contributed by atoms with Gasteiger partial charge in [0.05, 0.1) is 0 Å². The van der Waals surface area contributed by atoms with Crippen LogP contribution in [0.5, 0.6) is 0 Å². The van der Waals surface area contributed by atoms with E-state index in [1.165, 1.54) is 18.1 Å². The minimum Gasteiger partial charge on any atom is -0.330 e. The molecule has 1 aromatic carbocycles. The number of carbonyl (C=O) groups is 1. The summed E-state index contributed by atoms with van der Waals surface area (Å²) in [6.07, 6.45) is 3.94. The van der Waals surface area contributed by atoms with Crippen molar-refractivity contribution in [3.05, 3.63) is 39.5 Å². The normalized spacial score (nSPS) is 14.1. The predicted octanol–water partition coefficient (Wildman–Crippen LogP) is 2.87. The van der Waals surface area contributed by atoms with Gasteiger partial charge in [-0.1, -0.05) is 22.0 Å². The summed E-state index contributed by atoms with van der Waals surface area (Å²) in [5, 5.41) is 2.85. The van der Waals surface area contributed by atoms with E-state index in [2.05, 4.69) is 33.4 Å². The van der Waals surface area contributed by atoms with Gasteiger partial charge in [0.1, 0.15) is 0 Å². The molecule has 1 aromatic rings. The molecule has 0 heterocycles. The molecule has 0 radical (unpaired) electrons. The van der Waals surface area contributed by atoms with Crippen LogP contribution in [0.3, 0.4) is 0 Å². The number of hydrogen-bond donors (Lipinski definition) is 1. The average molecular weight is 266 g/mol. The highest BCUT2D eigenvalue weighted by Gasteiger charge is 2.10. The molecule has 2 rings (SSSR count). The number of benzene rings is 1. The topological polar surface area (TPSA) is 29.1 Å². The van der Waals surface area contributed by atoms with E-state index in [0.717, 1.165) is 23.0 Å². The fourth-order valence-electron chi connectivity index (χ4n) is 1.79.